The average Bonchev–Trinajstić information content (AvgIpc) is 3.19. The number of benzene rings is 2. The summed E-state index contributed by atoms with van der Waals surface area (Å²) < 4.78 is 8.25. The van der Waals surface area contributed by atoms with Gasteiger partial charge in [0.05, 0.1) is 23.5 Å². The van der Waals surface area contributed by atoms with Crippen LogP contribution in [0.2, 0.25) is 0 Å². The van der Waals surface area contributed by atoms with E-state index in [0.29, 0.717) is 17.9 Å². The third-order valence-corrected chi connectivity index (χ3v) is 8.00. The van der Waals surface area contributed by atoms with Crippen LogP contribution in [0.4, 0.5) is 0 Å². The molecule has 2 saturated heterocycles. The highest BCUT2D eigenvalue weighted by atomic mass is 16.5. The van der Waals surface area contributed by atoms with Gasteiger partial charge in [0.15, 0.2) is 0 Å². The first-order valence-corrected chi connectivity index (χ1v) is 13.0. The number of fused-ring (bicyclic) bond motifs is 3. The minimum absolute atomic E-state index is 0.568. The van der Waals surface area contributed by atoms with E-state index in [-0.39, 0.29) is 0 Å². The molecule has 0 saturated carbocycles. The van der Waals surface area contributed by atoms with E-state index < -0.39 is 0 Å². The van der Waals surface area contributed by atoms with Crippen molar-refractivity contribution in [3.05, 3.63) is 78.5 Å². The lowest BCUT2D eigenvalue weighted by Crippen LogP contribution is -2.59. The molecule has 1 N–H and O–H groups in total. The second-order valence-corrected chi connectivity index (χ2v) is 10.4. The van der Waals surface area contributed by atoms with Gasteiger partial charge in [-0.1, -0.05) is 54.6 Å². The summed E-state index contributed by atoms with van der Waals surface area (Å²) in [6, 6.07) is 23.6. The Hall–Kier alpha value is -3.48. The largest absolute Gasteiger partial charge is 0.475 e. The Morgan fingerprint density at radius 3 is 2.50 bits per heavy atom. The van der Waals surface area contributed by atoms with Gasteiger partial charge in [0.25, 0.3) is 0 Å². The Labute approximate surface area is 212 Å². The molecule has 0 bridgehead atoms. The number of imidazole rings is 1. The van der Waals surface area contributed by atoms with Crippen molar-refractivity contribution in [2.45, 2.75) is 25.9 Å². The fraction of sp³-hybridized carbons (Fsp3) is 0.333. The van der Waals surface area contributed by atoms with Crippen LogP contribution in [0.1, 0.15) is 18.4 Å². The van der Waals surface area contributed by atoms with Crippen LogP contribution in [0.25, 0.3) is 33.9 Å². The van der Waals surface area contributed by atoms with Crippen molar-refractivity contribution in [1.29, 1.82) is 0 Å². The molecule has 3 aliphatic rings. The molecule has 0 aliphatic carbocycles. The number of hydrogen-bond donors (Lipinski definition) is 1. The summed E-state index contributed by atoms with van der Waals surface area (Å²) in [6.45, 7) is 7.14. The molecule has 4 aromatic rings. The molecular weight excluding hydrogens is 446 g/mol. The van der Waals surface area contributed by atoms with E-state index in [4.69, 9.17) is 9.72 Å². The van der Waals surface area contributed by atoms with E-state index in [1.165, 1.54) is 44.6 Å². The Morgan fingerprint density at radius 1 is 0.889 bits per heavy atom. The van der Waals surface area contributed by atoms with Crippen LogP contribution in [0.5, 0.6) is 5.88 Å². The van der Waals surface area contributed by atoms with Gasteiger partial charge in [-0.2, -0.15) is 0 Å². The van der Waals surface area contributed by atoms with E-state index in [1.807, 2.05) is 6.07 Å². The third-order valence-electron chi connectivity index (χ3n) is 8.00. The SMILES string of the molecule is c1ccc(-c2c(-c3ccc(CN4CC5(CCNCC5)C4)cc3)nc3n2CCOc2ncccc2-3)cc1. The summed E-state index contributed by atoms with van der Waals surface area (Å²) >= 11 is 0. The molecule has 182 valence electrons. The maximum Gasteiger partial charge on any atom is 0.224 e. The number of nitrogens with one attached hydrogen (secondary N) is 1. The highest BCUT2D eigenvalue weighted by Gasteiger charge is 2.42. The standard InChI is InChI=1S/C30H31N5O/c1-2-5-24(6-3-1)27-26(33-28-25-7-4-14-32-29(25)36-18-17-35(27)28)23-10-8-22(9-11-23)19-34-20-30(21-34)12-15-31-16-13-30/h1-11,14,31H,12-13,15-21H2. The monoisotopic (exact) mass is 477 g/mol. The van der Waals surface area contributed by atoms with Gasteiger partial charge in [0.2, 0.25) is 5.88 Å². The van der Waals surface area contributed by atoms with Crippen LogP contribution in [-0.4, -0.2) is 52.2 Å². The highest BCUT2D eigenvalue weighted by molar-refractivity contribution is 5.83. The van der Waals surface area contributed by atoms with Gasteiger partial charge in [0.1, 0.15) is 12.4 Å². The number of pyridine rings is 1. The average molecular weight is 478 g/mol. The van der Waals surface area contributed by atoms with E-state index in [1.54, 1.807) is 6.20 Å². The highest BCUT2D eigenvalue weighted by Crippen LogP contribution is 2.41. The lowest BCUT2D eigenvalue weighted by molar-refractivity contribution is -0.0282. The first-order chi connectivity index (χ1) is 17.8. The quantitative estimate of drug-likeness (QED) is 0.455. The zero-order chi connectivity index (χ0) is 24.0. The molecule has 2 aromatic heterocycles. The Balaban J connectivity index is 1.22. The summed E-state index contributed by atoms with van der Waals surface area (Å²) in [5.41, 5.74) is 7.33. The van der Waals surface area contributed by atoms with Gasteiger partial charge < -0.3 is 14.6 Å². The van der Waals surface area contributed by atoms with Crippen LogP contribution in [0.15, 0.2) is 72.9 Å². The van der Waals surface area contributed by atoms with E-state index in [9.17, 15) is 0 Å². The zero-order valence-electron chi connectivity index (χ0n) is 20.5. The molecule has 0 atom stereocenters. The molecule has 7 rings (SSSR count). The predicted octanol–water partition coefficient (Wildman–Crippen LogP) is 4.86. The minimum atomic E-state index is 0.568. The topological polar surface area (TPSA) is 55.2 Å². The lowest BCUT2D eigenvalue weighted by atomic mass is 9.72. The molecule has 1 spiro atoms. The number of ether oxygens (including phenoxy) is 1. The van der Waals surface area contributed by atoms with Gasteiger partial charge >= 0.3 is 0 Å². The van der Waals surface area contributed by atoms with Gasteiger partial charge in [0, 0.05) is 37.0 Å². The van der Waals surface area contributed by atoms with Crippen LogP contribution < -0.4 is 10.1 Å². The number of rotatable bonds is 4. The molecule has 36 heavy (non-hydrogen) atoms. The van der Waals surface area contributed by atoms with Crippen LogP contribution >= 0.6 is 0 Å². The minimum Gasteiger partial charge on any atom is -0.475 e. The molecule has 2 aromatic carbocycles. The second-order valence-electron chi connectivity index (χ2n) is 10.4. The number of hydrogen-bond acceptors (Lipinski definition) is 5. The molecular formula is C30H31N5O. The first kappa shape index (κ1) is 21.8. The molecule has 6 nitrogen and oxygen atoms in total. The van der Waals surface area contributed by atoms with Gasteiger partial charge in [-0.25, -0.2) is 9.97 Å². The van der Waals surface area contributed by atoms with Gasteiger partial charge in [-0.15, -0.1) is 0 Å². The van der Waals surface area contributed by atoms with Crippen molar-refractivity contribution in [2.24, 2.45) is 5.41 Å². The molecule has 2 fully saturated rings. The van der Waals surface area contributed by atoms with Gasteiger partial charge in [-0.05, 0) is 49.0 Å². The fourth-order valence-corrected chi connectivity index (χ4v) is 6.19. The predicted molar refractivity (Wildman–Crippen MR) is 142 cm³/mol. The van der Waals surface area contributed by atoms with Crippen LogP contribution in [0.3, 0.4) is 0 Å². The molecule has 0 unspecified atom stereocenters. The Morgan fingerprint density at radius 2 is 1.69 bits per heavy atom. The third kappa shape index (κ3) is 3.81. The molecule has 5 heterocycles. The maximum absolute atomic E-state index is 5.96. The van der Waals surface area contributed by atoms with Gasteiger partial charge in [-0.3, -0.25) is 4.90 Å². The van der Waals surface area contributed by atoms with Crippen molar-refractivity contribution in [1.82, 2.24) is 24.8 Å². The number of nitrogens with zero attached hydrogens (tertiary/aromatic N) is 4. The summed E-state index contributed by atoms with van der Waals surface area (Å²) in [5, 5.41) is 3.50. The van der Waals surface area contributed by atoms with E-state index >= 15 is 0 Å². The lowest BCUT2D eigenvalue weighted by Gasteiger charge is -2.52. The van der Waals surface area contributed by atoms with E-state index in [2.05, 4.69) is 80.4 Å². The maximum atomic E-state index is 5.96. The second kappa shape index (κ2) is 8.87. The zero-order valence-corrected chi connectivity index (χ0v) is 20.5. The Kier molecular flexibility index (Phi) is 5.37. The summed E-state index contributed by atoms with van der Waals surface area (Å²) in [7, 11) is 0. The van der Waals surface area contributed by atoms with Crippen molar-refractivity contribution in [3.63, 3.8) is 0 Å². The van der Waals surface area contributed by atoms with Crippen LogP contribution in [-0.2, 0) is 13.1 Å². The normalized spacial score (nSPS) is 18.6. The van der Waals surface area contributed by atoms with Crippen molar-refractivity contribution >= 4 is 0 Å². The molecule has 6 heteroatoms. The van der Waals surface area contributed by atoms with Crippen LogP contribution in [0, 0.1) is 5.41 Å². The van der Waals surface area contributed by atoms with Crippen molar-refractivity contribution < 1.29 is 4.74 Å². The summed E-state index contributed by atoms with van der Waals surface area (Å²) in [6.07, 6.45) is 4.42. The van der Waals surface area contributed by atoms with Crippen molar-refractivity contribution in [3.8, 4) is 39.8 Å². The fourth-order valence-electron chi connectivity index (χ4n) is 6.19. The number of aromatic nitrogens is 3. The summed E-state index contributed by atoms with van der Waals surface area (Å²) in [5.74, 6) is 1.57. The van der Waals surface area contributed by atoms with E-state index in [0.717, 1.165) is 47.0 Å². The molecule has 0 radical (unpaired) electrons. The van der Waals surface area contributed by atoms with Crippen molar-refractivity contribution in [2.75, 3.05) is 32.8 Å². The molecule has 3 aliphatic heterocycles. The number of piperidine rings is 1. The number of likely N-dealkylation sites (tertiary alicyclic amines) is 1. The Bertz CT molecular complexity index is 1360. The summed E-state index contributed by atoms with van der Waals surface area (Å²) in [4.78, 5) is 12.3. The molecule has 0 amide bonds. The first-order valence-electron chi connectivity index (χ1n) is 13.0. The smallest absolute Gasteiger partial charge is 0.224 e.